The summed E-state index contributed by atoms with van der Waals surface area (Å²) in [7, 11) is 0. The highest BCUT2D eigenvalue weighted by molar-refractivity contribution is 5.84. The SMILES string of the molecule is CC(C)OCCCNC(=O)C(C)Oc1ccc2ccccc2c1. The molecule has 23 heavy (non-hydrogen) atoms. The van der Waals surface area contributed by atoms with Gasteiger partial charge in [0.05, 0.1) is 6.10 Å². The van der Waals surface area contributed by atoms with Crippen LogP contribution in [0.2, 0.25) is 0 Å². The molecule has 0 bridgehead atoms. The number of ether oxygens (including phenoxy) is 2. The molecule has 4 heteroatoms. The maximum absolute atomic E-state index is 12.0. The van der Waals surface area contributed by atoms with Gasteiger partial charge in [0.2, 0.25) is 0 Å². The molecule has 2 aromatic carbocycles. The van der Waals surface area contributed by atoms with E-state index in [0.717, 1.165) is 17.2 Å². The Labute approximate surface area is 137 Å². The number of amides is 1. The summed E-state index contributed by atoms with van der Waals surface area (Å²) >= 11 is 0. The van der Waals surface area contributed by atoms with E-state index in [-0.39, 0.29) is 12.0 Å². The average Bonchev–Trinajstić information content (AvgIpc) is 2.54. The molecule has 0 aliphatic heterocycles. The number of nitrogens with one attached hydrogen (secondary N) is 1. The predicted octanol–water partition coefficient (Wildman–Crippen LogP) is 3.54. The Hall–Kier alpha value is -2.07. The predicted molar refractivity (Wildman–Crippen MR) is 92.8 cm³/mol. The van der Waals surface area contributed by atoms with Crippen molar-refractivity contribution in [1.82, 2.24) is 5.32 Å². The summed E-state index contributed by atoms with van der Waals surface area (Å²) in [5.74, 6) is 0.595. The minimum atomic E-state index is -0.526. The van der Waals surface area contributed by atoms with Crippen molar-refractivity contribution in [3.8, 4) is 5.75 Å². The third kappa shape index (κ3) is 5.57. The molecule has 124 valence electrons. The normalized spacial score (nSPS) is 12.3. The van der Waals surface area contributed by atoms with Gasteiger partial charge in [0.25, 0.3) is 5.91 Å². The molecular formula is C19H25NO3. The fourth-order valence-corrected chi connectivity index (χ4v) is 2.24. The van der Waals surface area contributed by atoms with E-state index in [1.807, 2.05) is 50.2 Å². The minimum Gasteiger partial charge on any atom is -0.481 e. The first kappa shape index (κ1) is 17.3. The van der Waals surface area contributed by atoms with Crippen molar-refractivity contribution in [2.45, 2.75) is 39.4 Å². The number of rotatable bonds is 8. The summed E-state index contributed by atoms with van der Waals surface area (Å²) in [5.41, 5.74) is 0. The third-order valence-corrected chi connectivity index (χ3v) is 3.47. The molecule has 0 aromatic heterocycles. The largest absolute Gasteiger partial charge is 0.481 e. The minimum absolute atomic E-state index is 0.109. The van der Waals surface area contributed by atoms with Crippen LogP contribution in [0.25, 0.3) is 10.8 Å². The van der Waals surface area contributed by atoms with Crippen LogP contribution in [0.4, 0.5) is 0 Å². The van der Waals surface area contributed by atoms with Crippen LogP contribution in [0.15, 0.2) is 42.5 Å². The number of carbonyl (C=O) groups excluding carboxylic acids is 1. The first-order chi connectivity index (χ1) is 11.1. The van der Waals surface area contributed by atoms with Crippen molar-refractivity contribution in [2.75, 3.05) is 13.2 Å². The average molecular weight is 315 g/mol. The molecular weight excluding hydrogens is 290 g/mol. The summed E-state index contributed by atoms with van der Waals surface area (Å²) in [6.07, 6.45) is 0.495. The molecule has 4 nitrogen and oxygen atoms in total. The van der Waals surface area contributed by atoms with Gasteiger partial charge in [-0.3, -0.25) is 4.79 Å². The zero-order chi connectivity index (χ0) is 16.7. The van der Waals surface area contributed by atoms with Crippen LogP contribution in [0.1, 0.15) is 27.2 Å². The number of benzene rings is 2. The zero-order valence-electron chi connectivity index (χ0n) is 14.0. The van der Waals surface area contributed by atoms with Crippen LogP contribution in [0.3, 0.4) is 0 Å². The number of carbonyl (C=O) groups is 1. The second kappa shape index (κ2) is 8.53. The third-order valence-electron chi connectivity index (χ3n) is 3.47. The number of fused-ring (bicyclic) bond motifs is 1. The molecule has 0 fully saturated rings. The fourth-order valence-electron chi connectivity index (χ4n) is 2.24. The monoisotopic (exact) mass is 315 g/mol. The molecule has 0 saturated heterocycles. The Morgan fingerprint density at radius 2 is 1.83 bits per heavy atom. The van der Waals surface area contributed by atoms with Crippen molar-refractivity contribution in [1.29, 1.82) is 0 Å². The van der Waals surface area contributed by atoms with E-state index >= 15 is 0 Å². The van der Waals surface area contributed by atoms with Gasteiger partial charge in [0.15, 0.2) is 6.10 Å². The first-order valence-electron chi connectivity index (χ1n) is 8.11. The van der Waals surface area contributed by atoms with Gasteiger partial charge >= 0.3 is 0 Å². The van der Waals surface area contributed by atoms with Gasteiger partial charge in [-0.05, 0) is 50.1 Å². The lowest BCUT2D eigenvalue weighted by molar-refractivity contribution is -0.127. The number of hydrogen-bond donors (Lipinski definition) is 1. The van der Waals surface area contributed by atoms with Crippen molar-refractivity contribution >= 4 is 16.7 Å². The van der Waals surface area contributed by atoms with E-state index in [0.29, 0.717) is 18.9 Å². The van der Waals surface area contributed by atoms with E-state index in [1.54, 1.807) is 6.92 Å². The second-order valence-corrected chi connectivity index (χ2v) is 5.83. The van der Waals surface area contributed by atoms with E-state index < -0.39 is 6.10 Å². The summed E-state index contributed by atoms with van der Waals surface area (Å²) < 4.78 is 11.2. The summed E-state index contributed by atoms with van der Waals surface area (Å²) in [5, 5.41) is 5.12. The van der Waals surface area contributed by atoms with Crippen molar-refractivity contribution in [3.05, 3.63) is 42.5 Å². The summed E-state index contributed by atoms with van der Waals surface area (Å²) in [4.78, 5) is 12.0. The van der Waals surface area contributed by atoms with Crippen molar-refractivity contribution in [3.63, 3.8) is 0 Å². The second-order valence-electron chi connectivity index (χ2n) is 5.83. The highest BCUT2D eigenvalue weighted by Crippen LogP contribution is 2.21. The maximum Gasteiger partial charge on any atom is 0.260 e. The highest BCUT2D eigenvalue weighted by atomic mass is 16.5. The summed E-state index contributed by atoms with van der Waals surface area (Å²) in [6.45, 7) is 7.00. The molecule has 2 aromatic rings. The molecule has 1 N–H and O–H groups in total. The topological polar surface area (TPSA) is 47.6 Å². The Balaban J connectivity index is 1.80. The molecule has 0 saturated carbocycles. The molecule has 0 spiro atoms. The van der Waals surface area contributed by atoms with Crippen LogP contribution in [-0.2, 0) is 9.53 Å². The summed E-state index contributed by atoms with van der Waals surface area (Å²) in [6, 6.07) is 13.9. The van der Waals surface area contributed by atoms with E-state index in [9.17, 15) is 4.79 Å². The molecule has 0 aliphatic rings. The molecule has 0 radical (unpaired) electrons. The van der Waals surface area contributed by atoms with Crippen LogP contribution >= 0.6 is 0 Å². The van der Waals surface area contributed by atoms with Gasteiger partial charge in [-0.2, -0.15) is 0 Å². The molecule has 0 heterocycles. The Morgan fingerprint density at radius 3 is 2.57 bits per heavy atom. The fraction of sp³-hybridized carbons (Fsp3) is 0.421. The van der Waals surface area contributed by atoms with E-state index in [1.165, 1.54) is 0 Å². The van der Waals surface area contributed by atoms with Gasteiger partial charge in [-0.1, -0.05) is 30.3 Å². The Bertz CT molecular complexity index is 639. The van der Waals surface area contributed by atoms with Gasteiger partial charge in [-0.25, -0.2) is 0 Å². The molecule has 1 amide bonds. The zero-order valence-corrected chi connectivity index (χ0v) is 14.0. The van der Waals surface area contributed by atoms with Gasteiger partial charge in [-0.15, -0.1) is 0 Å². The Morgan fingerprint density at radius 1 is 1.09 bits per heavy atom. The van der Waals surface area contributed by atoms with Crippen LogP contribution in [0, 0.1) is 0 Å². The lowest BCUT2D eigenvalue weighted by atomic mass is 10.1. The maximum atomic E-state index is 12.0. The van der Waals surface area contributed by atoms with Gasteiger partial charge in [0, 0.05) is 13.2 Å². The molecule has 0 aliphatic carbocycles. The van der Waals surface area contributed by atoms with E-state index in [2.05, 4.69) is 11.4 Å². The Kier molecular flexibility index (Phi) is 6.41. The lowest BCUT2D eigenvalue weighted by Gasteiger charge is -2.15. The van der Waals surface area contributed by atoms with Crippen LogP contribution in [-0.4, -0.2) is 31.3 Å². The standard InChI is InChI=1S/C19H25NO3/c1-14(2)22-12-6-11-20-19(21)15(3)23-18-10-9-16-7-4-5-8-17(16)13-18/h4-5,7-10,13-15H,6,11-12H2,1-3H3,(H,20,21). The highest BCUT2D eigenvalue weighted by Gasteiger charge is 2.14. The number of hydrogen-bond acceptors (Lipinski definition) is 3. The first-order valence-corrected chi connectivity index (χ1v) is 8.11. The quantitative estimate of drug-likeness (QED) is 0.758. The molecule has 2 rings (SSSR count). The smallest absolute Gasteiger partial charge is 0.260 e. The van der Waals surface area contributed by atoms with Crippen LogP contribution in [0.5, 0.6) is 5.75 Å². The van der Waals surface area contributed by atoms with E-state index in [4.69, 9.17) is 9.47 Å². The van der Waals surface area contributed by atoms with Crippen molar-refractivity contribution < 1.29 is 14.3 Å². The lowest BCUT2D eigenvalue weighted by Crippen LogP contribution is -2.37. The van der Waals surface area contributed by atoms with Crippen LogP contribution < -0.4 is 10.1 Å². The van der Waals surface area contributed by atoms with Gasteiger partial charge in [0.1, 0.15) is 5.75 Å². The molecule has 1 atom stereocenters. The molecule has 1 unspecified atom stereocenters. The van der Waals surface area contributed by atoms with Gasteiger partial charge < -0.3 is 14.8 Å². The van der Waals surface area contributed by atoms with Crippen molar-refractivity contribution in [2.24, 2.45) is 0 Å².